The monoisotopic (exact) mass is 238 g/mol. The number of benzene rings is 1. The molecule has 2 unspecified atom stereocenters. The zero-order valence-electron chi connectivity index (χ0n) is 10.3. The lowest BCUT2D eigenvalue weighted by molar-refractivity contribution is 0.0137. The van der Waals surface area contributed by atoms with E-state index in [1.807, 2.05) is 14.1 Å². The molecule has 0 spiro atoms. The Kier molecular flexibility index (Phi) is 3.76. The van der Waals surface area contributed by atoms with Crippen molar-refractivity contribution in [3.05, 3.63) is 35.6 Å². The van der Waals surface area contributed by atoms with E-state index >= 15 is 0 Å². The van der Waals surface area contributed by atoms with E-state index in [1.165, 1.54) is 12.1 Å². The van der Waals surface area contributed by atoms with Crippen LogP contribution < -0.4 is 0 Å². The molecular formula is C13H19FN2O. The maximum absolute atomic E-state index is 13.1. The quantitative estimate of drug-likeness (QED) is 0.836. The van der Waals surface area contributed by atoms with E-state index in [4.69, 9.17) is 0 Å². The summed E-state index contributed by atoms with van der Waals surface area (Å²) in [6.07, 6.45) is -0.640. The summed E-state index contributed by atoms with van der Waals surface area (Å²) >= 11 is 0. The number of aliphatic hydroxyl groups excluding tert-OH is 1. The lowest BCUT2D eigenvalue weighted by Crippen LogP contribution is -2.52. The van der Waals surface area contributed by atoms with Crippen molar-refractivity contribution in [2.75, 3.05) is 33.7 Å². The number of likely N-dealkylation sites (N-methyl/N-ethyl adjacent to an activating group) is 2. The fourth-order valence-corrected chi connectivity index (χ4v) is 2.30. The summed E-state index contributed by atoms with van der Waals surface area (Å²) < 4.78 is 13.1. The third-order valence-electron chi connectivity index (χ3n) is 3.45. The molecule has 0 bridgehead atoms. The third kappa shape index (κ3) is 2.83. The van der Waals surface area contributed by atoms with Gasteiger partial charge in [-0.05, 0) is 31.8 Å². The topological polar surface area (TPSA) is 26.7 Å². The average Bonchev–Trinajstić information content (AvgIpc) is 2.31. The van der Waals surface area contributed by atoms with Gasteiger partial charge in [0.25, 0.3) is 0 Å². The van der Waals surface area contributed by atoms with Crippen molar-refractivity contribution in [1.29, 1.82) is 0 Å². The van der Waals surface area contributed by atoms with Gasteiger partial charge in [0.2, 0.25) is 0 Å². The minimum absolute atomic E-state index is 0.0237. The minimum atomic E-state index is -0.640. The Morgan fingerprint density at radius 1 is 1.35 bits per heavy atom. The van der Waals surface area contributed by atoms with Crippen LogP contribution in [-0.4, -0.2) is 54.7 Å². The first-order valence-electron chi connectivity index (χ1n) is 5.90. The van der Waals surface area contributed by atoms with Crippen molar-refractivity contribution in [3.8, 4) is 0 Å². The molecule has 1 N–H and O–H groups in total. The molecule has 3 nitrogen and oxygen atoms in total. The standard InChI is InChI=1S/C13H19FN2O/c1-15-6-7-16(2)12(9-15)13(17)10-4-3-5-11(14)8-10/h3-5,8,12-13,17H,6-7,9H2,1-2H3. The molecule has 2 rings (SSSR count). The van der Waals surface area contributed by atoms with Crippen LogP contribution in [0.4, 0.5) is 4.39 Å². The summed E-state index contributed by atoms with van der Waals surface area (Å²) in [5, 5.41) is 10.3. The molecule has 0 aliphatic carbocycles. The Bertz CT molecular complexity index is 385. The lowest BCUT2D eigenvalue weighted by Gasteiger charge is -2.40. The summed E-state index contributed by atoms with van der Waals surface area (Å²) in [6.45, 7) is 2.73. The second-order valence-corrected chi connectivity index (χ2v) is 4.81. The second-order valence-electron chi connectivity index (χ2n) is 4.81. The van der Waals surface area contributed by atoms with E-state index in [0.29, 0.717) is 5.56 Å². The Morgan fingerprint density at radius 2 is 2.12 bits per heavy atom. The average molecular weight is 238 g/mol. The zero-order chi connectivity index (χ0) is 12.4. The molecule has 1 heterocycles. The second kappa shape index (κ2) is 5.12. The molecule has 0 saturated carbocycles. The number of rotatable bonds is 2. The largest absolute Gasteiger partial charge is 0.387 e. The summed E-state index contributed by atoms with van der Waals surface area (Å²) in [6, 6.07) is 6.24. The fourth-order valence-electron chi connectivity index (χ4n) is 2.30. The predicted octanol–water partition coefficient (Wildman–Crippen LogP) is 1.10. The first kappa shape index (κ1) is 12.5. The van der Waals surface area contributed by atoms with Crippen molar-refractivity contribution in [1.82, 2.24) is 9.80 Å². The molecule has 1 aliphatic heterocycles. The molecule has 1 aliphatic rings. The molecule has 0 radical (unpaired) electrons. The fraction of sp³-hybridized carbons (Fsp3) is 0.538. The van der Waals surface area contributed by atoms with Gasteiger partial charge in [-0.15, -0.1) is 0 Å². The van der Waals surface area contributed by atoms with Crippen LogP contribution in [0.25, 0.3) is 0 Å². The molecule has 1 aromatic rings. The number of hydrogen-bond donors (Lipinski definition) is 1. The first-order valence-corrected chi connectivity index (χ1v) is 5.90. The molecule has 4 heteroatoms. The van der Waals surface area contributed by atoms with Crippen LogP contribution >= 0.6 is 0 Å². The number of halogens is 1. The zero-order valence-corrected chi connectivity index (χ0v) is 10.3. The van der Waals surface area contributed by atoms with Gasteiger partial charge >= 0.3 is 0 Å². The van der Waals surface area contributed by atoms with E-state index in [1.54, 1.807) is 12.1 Å². The molecule has 94 valence electrons. The van der Waals surface area contributed by atoms with Gasteiger partial charge in [0, 0.05) is 19.6 Å². The van der Waals surface area contributed by atoms with Crippen molar-refractivity contribution in [2.45, 2.75) is 12.1 Å². The summed E-state index contributed by atoms with van der Waals surface area (Å²) in [4.78, 5) is 4.32. The van der Waals surface area contributed by atoms with E-state index in [9.17, 15) is 9.50 Å². The maximum atomic E-state index is 13.1. The smallest absolute Gasteiger partial charge is 0.123 e. The molecule has 2 atom stereocenters. The van der Waals surface area contributed by atoms with E-state index in [0.717, 1.165) is 19.6 Å². The van der Waals surface area contributed by atoms with Gasteiger partial charge in [0.15, 0.2) is 0 Å². The van der Waals surface area contributed by atoms with E-state index in [2.05, 4.69) is 9.80 Å². The highest BCUT2D eigenvalue weighted by Crippen LogP contribution is 2.23. The Morgan fingerprint density at radius 3 is 2.82 bits per heavy atom. The van der Waals surface area contributed by atoms with Gasteiger partial charge in [0.1, 0.15) is 5.82 Å². The van der Waals surface area contributed by atoms with Crippen LogP contribution in [0.2, 0.25) is 0 Å². The first-order chi connectivity index (χ1) is 8.08. The summed E-state index contributed by atoms with van der Waals surface area (Å²) in [5.74, 6) is -0.298. The maximum Gasteiger partial charge on any atom is 0.123 e. The molecule has 0 amide bonds. The van der Waals surface area contributed by atoms with E-state index in [-0.39, 0.29) is 11.9 Å². The van der Waals surface area contributed by atoms with Gasteiger partial charge in [-0.1, -0.05) is 12.1 Å². The third-order valence-corrected chi connectivity index (χ3v) is 3.45. The number of aliphatic hydroxyl groups is 1. The van der Waals surface area contributed by atoms with Crippen LogP contribution in [0.15, 0.2) is 24.3 Å². The number of hydrogen-bond acceptors (Lipinski definition) is 3. The van der Waals surface area contributed by atoms with Gasteiger partial charge in [-0.3, -0.25) is 4.90 Å². The highest BCUT2D eigenvalue weighted by atomic mass is 19.1. The van der Waals surface area contributed by atoms with Gasteiger partial charge in [-0.25, -0.2) is 4.39 Å². The van der Waals surface area contributed by atoms with Crippen molar-refractivity contribution in [2.24, 2.45) is 0 Å². The Hall–Kier alpha value is -0.970. The van der Waals surface area contributed by atoms with Crippen LogP contribution in [0.3, 0.4) is 0 Å². The normalized spacial score (nSPS) is 24.8. The molecule has 1 aromatic carbocycles. The number of piperazine rings is 1. The molecule has 1 saturated heterocycles. The summed E-state index contributed by atoms with van der Waals surface area (Å²) in [7, 11) is 4.04. The van der Waals surface area contributed by atoms with Crippen LogP contribution in [-0.2, 0) is 0 Å². The van der Waals surface area contributed by atoms with Crippen molar-refractivity contribution >= 4 is 0 Å². The molecule has 1 fully saturated rings. The van der Waals surface area contributed by atoms with Gasteiger partial charge < -0.3 is 10.0 Å². The van der Waals surface area contributed by atoms with Gasteiger partial charge in [0.05, 0.1) is 12.1 Å². The Labute approximate surface area is 101 Å². The molecular weight excluding hydrogens is 219 g/mol. The highest BCUT2D eigenvalue weighted by Gasteiger charge is 2.29. The van der Waals surface area contributed by atoms with Crippen LogP contribution in [0.1, 0.15) is 11.7 Å². The number of nitrogens with zero attached hydrogens (tertiary/aromatic N) is 2. The molecule has 0 aromatic heterocycles. The molecule has 17 heavy (non-hydrogen) atoms. The van der Waals surface area contributed by atoms with Crippen LogP contribution in [0.5, 0.6) is 0 Å². The van der Waals surface area contributed by atoms with E-state index < -0.39 is 6.10 Å². The SMILES string of the molecule is CN1CCN(C)C(C(O)c2cccc(F)c2)C1. The highest BCUT2D eigenvalue weighted by molar-refractivity contribution is 5.20. The van der Waals surface area contributed by atoms with Crippen molar-refractivity contribution < 1.29 is 9.50 Å². The lowest BCUT2D eigenvalue weighted by atomic mass is 9.99. The van der Waals surface area contributed by atoms with Crippen molar-refractivity contribution in [3.63, 3.8) is 0 Å². The van der Waals surface area contributed by atoms with Crippen LogP contribution in [0, 0.1) is 5.82 Å². The van der Waals surface area contributed by atoms with Gasteiger partial charge in [-0.2, -0.15) is 0 Å². The Balaban J connectivity index is 2.15. The predicted molar refractivity (Wildman–Crippen MR) is 65.3 cm³/mol. The summed E-state index contributed by atoms with van der Waals surface area (Å²) in [5.41, 5.74) is 0.650. The minimum Gasteiger partial charge on any atom is -0.387 e.